The van der Waals surface area contributed by atoms with Crippen LogP contribution in [0, 0.1) is 13.8 Å². The number of aryl methyl sites for hydroxylation is 2. The second kappa shape index (κ2) is 6.94. The Labute approximate surface area is 159 Å². The van der Waals surface area contributed by atoms with Crippen molar-refractivity contribution < 1.29 is 13.2 Å². The van der Waals surface area contributed by atoms with E-state index in [9.17, 15) is 8.42 Å². The number of hydrogen-bond donors (Lipinski definition) is 0. The van der Waals surface area contributed by atoms with Crippen molar-refractivity contribution in [3.05, 3.63) is 59.8 Å². The van der Waals surface area contributed by atoms with Crippen molar-refractivity contribution in [1.29, 1.82) is 0 Å². The Morgan fingerprint density at radius 1 is 0.963 bits per heavy atom. The number of fused-ring (bicyclic) bond motifs is 1. The Morgan fingerprint density at radius 2 is 1.63 bits per heavy atom. The van der Waals surface area contributed by atoms with E-state index in [1.807, 2.05) is 44.2 Å². The summed E-state index contributed by atoms with van der Waals surface area (Å²) < 4.78 is 32.4. The normalized spacial score (nSPS) is 15.3. The van der Waals surface area contributed by atoms with Gasteiger partial charge in [-0.25, -0.2) is 8.42 Å². The van der Waals surface area contributed by atoms with Gasteiger partial charge in [0.25, 0.3) is 0 Å². The number of pyridine rings is 1. The maximum Gasteiger partial charge on any atom is 0.210 e. The van der Waals surface area contributed by atoms with Crippen molar-refractivity contribution in [3.8, 4) is 0 Å². The van der Waals surface area contributed by atoms with Crippen LogP contribution in [0.25, 0.3) is 10.9 Å². The lowest BCUT2D eigenvalue weighted by Crippen LogP contribution is -2.37. The van der Waals surface area contributed by atoms with Crippen molar-refractivity contribution in [2.75, 3.05) is 31.2 Å². The molecule has 0 atom stereocenters. The minimum absolute atomic E-state index is 0.256. The largest absolute Gasteiger partial charge is 0.378 e. The second-order valence-corrected chi connectivity index (χ2v) is 8.83. The predicted octanol–water partition coefficient (Wildman–Crippen LogP) is 3.52. The highest BCUT2D eigenvalue weighted by molar-refractivity contribution is 7.91. The highest BCUT2D eigenvalue weighted by Crippen LogP contribution is 2.36. The monoisotopic (exact) mass is 382 g/mol. The van der Waals surface area contributed by atoms with E-state index in [0.29, 0.717) is 26.3 Å². The van der Waals surface area contributed by atoms with E-state index in [1.54, 1.807) is 12.1 Å². The third-order valence-corrected chi connectivity index (χ3v) is 6.68. The average molecular weight is 382 g/mol. The zero-order chi connectivity index (χ0) is 19.0. The molecule has 0 bridgehead atoms. The molecule has 1 aliphatic rings. The van der Waals surface area contributed by atoms with E-state index in [-0.39, 0.29) is 9.79 Å². The van der Waals surface area contributed by atoms with E-state index >= 15 is 0 Å². The zero-order valence-corrected chi connectivity index (χ0v) is 16.3. The quantitative estimate of drug-likeness (QED) is 0.694. The molecule has 0 aliphatic carbocycles. The molecule has 0 N–H and O–H groups in total. The number of hydrogen-bond acceptors (Lipinski definition) is 5. The fourth-order valence-corrected chi connectivity index (χ4v) is 4.86. The summed E-state index contributed by atoms with van der Waals surface area (Å²) in [5.41, 5.74) is 3.62. The average Bonchev–Trinajstić information content (AvgIpc) is 2.68. The van der Waals surface area contributed by atoms with Gasteiger partial charge >= 0.3 is 0 Å². The molecule has 1 saturated heterocycles. The first kappa shape index (κ1) is 17.9. The highest BCUT2D eigenvalue weighted by atomic mass is 32.2. The first-order valence-electron chi connectivity index (χ1n) is 9.00. The molecule has 140 valence electrons. The lowest BCUT2D eigenvalue weighted by Gasteiger charge is -2.31. The van der Waals surface area contributed by atoms with Gasteiger partial charge in [-0.05, 0) is 38.1 Å². The summed E-state index contributed by atoms with van der Waals surface area (Å²) in [6, 6.07) is 12.9. The van der Waals surface area contributed by atoms with Gasteiger partial charge in [0.1, 0.15) is 4.90 Å². The third kappa shape index (κ3) is 3.31. The molecular formula is C21H22N2O3S. The Kier molecular flexibility index (Phi) is 4.61. The maximum atomic E-state index is 13.4. The summed E-state index contributed by atoms with van der Waals surface area (Å²) in [7, 11) is -3.69. The number of anilines is 1. The van der Waals surface area contributed by atoms with Gasteiger partial charge in [-0.3, -0.25) is 4.98 Å². The van der Waals surface area contributed by atoms with Crippen LogP contribution in [0.3, 0.4) is 0 Å². The second-order valence-electron chi connectivity index (χ2n) is 6.91. The van der Waals surface area contributed by atoms with Crippen LogP contribution in [0.2, 0.25) is 0 Å². The molecule has 2 heterocycles. The number of sulfone groups is 1. The number of ether oxygens (including phenoxy) is 1. The number of rotatable bonds is 3. The van der Waals surface area contributed by atoms with Crippen LogP contribution in [-0.4, -0.2) is 39.7 Å². The summed E-state index contributed by atoms with van der Waals surface area (Å²) in [5, 5.41) is 0.866. The van der Waals surface area contributed by atoms with E-state index in [2.05, 4.69) is 9.88 Å². The molecule has 3 aromatic rings. The number of nitrogens with zero attached hydrogens (tertiary/aromatic N) is 2. The minimum Gasteiger partial charge on any atom is -0.378 e. The van der Waals surface area contributed by atoms with Gasteiger partial charge in [-0.2, -0.15) is 0 Å². The molecule has 5 nitrogen and oxygen atoms in total. The Balaban J connectivity index is 1.98. The van der Waals surface area contributed by atoms with Crippen LogP contribution in [0.1, 0.15) is 11.1 Å². The lowest BCUT2D eigenvalue weighted by atomic mass is 10.1. The summed E-state index contributed by atoms with van der Waals surface area (Å²) >= 11 is 0. The summed E-state index contributed by atoms with van der Waals surface area (Å²) in [5.74, 6) is 0. The van der Waals surface area contributed by atoms with Crippen LogP contribution in [0.15, 0.2) is 58.5 Å². The van der Waals surface area contributed by atoms with Crippen LogP contribution in [0.4, 0.5) is 5.69 Å². The van der Waals surface area contributed by atoms with Gasteiger partial charge in [0.2, 0.25) is 9.84 Å². The predicted molar refractivity (Wildman–Crippen MR) is 106 cm³/mol. The molecule has 0 unspecified atom stereocenters. The van der Waals surface area contributed by atoms with Crippen molar-refractivity contribution in [2.24, 2.45) is 0 Å². The Bertz CT molecular complexity index is 1090. The highest BCUT2D eigenvalue weighted by Gasteiger charge is 2.27. The molecule has 1 aliphatic heterocycles. The van der Waals surface area contributed by atoms with Gasteiger partial charge < -0.3 is 9.64 Å². The minimum atomic E-state index is -3.69. The zero-order valence-electron chi connectivity index (χ0n) is 15.5. The molecule has 0 spiro atoms. The van der Waals surface area contributed by atoms with Crippen molar-refractivity contribution in [1.82, 2.24) is 4.98 Å². The molecule has 0 saturated carbocycles. The molecule has 0 radical (unpaired) electrons. The first-order chi connectivity index (χ1) is 13.0. The van der Waals surface area contributed by atoms with Crippen molar-refractivity contribution in [2.45, 2.75) is 23.6 Å². The van der Waals surface area contributed by atoms with Gasteiger partial charge in [0, 0.05) is 24.7 Å². The van der Waals surface area contributed by atoms with Crippen LogP contribution < -0.4 is 4.90 Å². The number of benzene rings is 2. The van der Waals surface area contributed by atoms with E-state index in [1.165, 1.54) is 6.20 Å². The van der Waals surface area contributed by atoms with E-state index < -0.39 is 9.84 Å². The van der Waals surface area contributed by atoms with Gasteiger partial charge in [0.05, 0.1) is 29.3 Å². The third-order valence-electron chi connectivity index (χ3n) is 4.91. The topological polar surface area (TPSA) is 59.5 Å². The molecule has 2 aromatic carbocycles. The molecule has 4 rings (SSSR count). The lowest BCUT2D eigenvalue weighted by molar-refractivity contribution is 0.122. The molecule has 0 amide bonds. The van der Waals surface area contributed by atoms with E-state index in [0.717, 1.165) is 27.7 Å². The summed E-state index contributed by atoms with van der Waals surface area (Å²) in [6.45, 7) is 6.42. The molecule has 27 heavy (non-hydrogen) atoms. The van der Waals surface area contributed by atoms with Gasteiger partial charge in [-0.1, -0.05) is 29.3 Å². The smallest absolute Gasteiger partial charge is 0.210 e. The first-order valence-corrected chi connectivity index (χ1v) is 10.5. The van der Waals surface area contributed by atoms with E-state index in [4.69, 9.17) is 4.74 Å². The number of aromatic nitrogens is 1. The van der Waals surface area contributed by atoms with Crippen LogP contribution in [0.5, 0.6) is 0 Å². The molecular weight excluding hydrogens is 360 g/mol. The van der Waals surface area contributed by atoms with Crippen molar-refractivity contribution >= 4 is 26.4 Å². The van der Waals surface area contributed by atoms with Crippen LogP contribution in [-0.2, 0) is 14.6 Å². The Hall–Kier alpha value is -2.44. The summed E-state index contributed by atoms with van der Waals surface area (Å²) in [4.78, 5) is 7.10. The standard InChI is InChI=1S/C21H22N2O3S/c1-15-3-6-17(7-4-15)27(24,25)20-14-22-19-8-5-16(2)13-18(19)21(20)23-9-11-26-12-10-23/h3-8,13-14H,9-12H2,1-2H3. The Morgan fingerprint density at radius 3 is 2.33 bits per heavy atom. The molecule has 1 aromatic heterocycles. The molecule has 6 heteroatoms. The number of morpholine rings is 1. The van der Waals surface area contributed by atoms with Crippen molar-refractivity contribution in [3.63, 3.8) is 0 Å². The van der Waals surface area contributed by atoms with Gasteiger partial charge in [0.15, 0.2) is 0 Å². The van der Waals surface area contributed by atoms with Crippen LogP contribution >= 0.6 is 0 Å². The summed E-state index contributed by atoms with van der Waals surface area (Å²) in [6.07, 6.45) is 1.50. The molecule has 1 fully saturated rings. The SMILES string of the molecule is Cc1ccc(S(=O)(=O)c2cnc3ccc(C)cc3c2N2CCOCC2)cc1. The fourth-order valence-electron chi connectivity index (χ4n) is 3.43. The maximum absolute atomic E-state index is 13.4. The fraction of sp³-hybridized carbons (Fsp3) is 0.286. The van der Waals surface area contributed by atoms with Gasteiger partial charge in [-0.15, -0.1) is 0 Å².